The van der Waals surface area contributed by atoms with Gasteiger partial charge in [0.1, 0.15) is 5.84 Å². The van der Waals surface area contributed by atoms with Crippen LogP contribution >= 0.6 is 0 Å². The summed E-state index contributed by atoms with van der Waals surface area (Å²) in [5.41, 5.74) is 4.77. The van der Waals surface area contributed by atoms with E-state index in [9.17, 15) is 5.11 Å². The van der Waals surface area contributed by atoms with Gasteiger partial charge in [0.05, 0.1) is 5.60 Å². The van der Waals surface area contributed by atoms with Crippen LogP contribution in [0.15, 0.2) is 5.16 Å². The first-order valence-corrected chi connectivity index (χ1v) is 4.56. The maximum atomic E-state index is 9.66. The highest BCUT2D eigenvalue weighted by atomic mass is 16.4. The number of nitrogens with zero attached hydrogens (tertiary/aromatic N) is 1. The summed E-state index contributed by atoms with van der Waals surface area (Å²) in [6.07, 6.45) is 3.37. The molecule has 1 fully saturated rings. The van der Waals surface area contributed by atoms with Gasteiger partial charge in [0.25, 0.3) is 0 Å². The van der Waals surface area contributed by atoms with Gasteiger partial charge in [-0.2, -0.15) is 0 Å². The molecule has 5 heteroatoms. The van der Waals surface area contributed by atoms with Crippen LogP contribution in [-0.2, 0) is 0 Å². The fourth-order valence-corrected chi connectivity index (χ4v) is 1.35. The number of rotatable bonds is 5. The van der Waals surface area contributed by atoms with Crippen LogP contribution in [0, 0.1) is 0 Å². The first-order valence-electron chi connectivity index (χ1n) is 4.56. The van der Waals surface area contributed by atoms with Crippen LogP contribution in [0.1, 0.15) is 25.7 Å². The van der Waals surface area contributed by atoms with Crippen molar-refractivity contribution in [2.75, 3.05) is 13.1 Å². The average Bonchev–Trinajstić information content (AvgIpc) is 2.09. The molecule has 5 nitrogen and oxygen atoms in total. The van der Waals surface area contributed by atoms with Crippen molar-refractivity contribution >= 4 is 5.84 Å². The van der Waals surface area contributed by atoms with Crippen molar-refractivity contribution in [2.24, 2.45) is 10.9 Å². The number of hydrogen-bond acceptors (Lipinski definition) is 4. The van der Waals surface area contributed by atoms with Crippen molar-refractivity contribution in [3.8, 4) is 0 Å². The van der Waals surface area contributed by atoms with Crippen molar-refractivity contribution in [1.29, 1.82) is 0 Å². The van der Waals surface area contributed by atoms with Crippen LogP contribution in [0.2, 0.25) is 0 Å². The molecule has 1 saturated carbocycles. The van der Waals surface area contributed by atoms with Crippen molar-refractivity contribution in [3.05, 3.63) is 0 Å². The Morgan fingerprint density at radius 1 is 1.54 bits per heavy atom. The molecule has 5 N–H and O–H groups in total. The lowest BCUT2D eigenvalue weighted by Gasteiger charge is -2.36. The zero-order valence-corrected chi connectivity index (χ0v) is 7.66. The lowest BCUT2D eigenvalue weighted by atomic mass is 9.80. The van der Waals surface area contributed by atoms with Crippen molar-refractivity contribution in [1.82, 2.24) is 5.32 Å². The van der Waals surface area contributed by atoms with Crippen LogP contribution in [0.3, 0.4) is 0 Å². The van der Waals surface area contributed by atoms with Gasteiger partial charge in [-0.3, -0.25) is 0 Å². The highest BCUT2D eigenvalue weighted by Gasteiger charge is 2.33. The van der Waals surface area contributed by atoms with Crippen LogP contribution in [0.5, 0.6) is 0 Å². The van der Waals surface area contributed by atoms with Crippen LogP contribution < -0.4 is 11.1 Å². The third-order valence-corrected chi connectivity index (χ3v) is 2.42. The fourth-order valence-electron chi connectivity index (χ4n) is 1.35. The summed E-state index contributed by atoms with van der Waals surface area (Å²) >= 11 is 0. The number of oxime groups is 1. The van der Waals surface area contributed by atoms with E-state index in [0.29, 0.717) is 19.5 Å². The molecule has 1 rings (SSSR count). The summed E-state index contributed by atoms with van der Waals surface area (Å²) in [6.45, 7) is 1.24. The summed E-state index contributed by atoms with van der Waals surface area (Å²) in [7, 11) is 0. The van der Waals surface area contributed by atoms with Gasteiger partial charge in [-0.05, 0) is 19.3 Å². The highest BCUT2D eigenvalue weighted by Crippen LogP contribution is 2.30. The Morgan fingerprint density at radius 2 is 2.23 bits per heavy atom. The Balaban J connectivity index is 2.01. The molecule has 0 heterocycles. The molecule has 0 atom stereocenters. The molecule has 0 aromatic rings. The second-order valence-corrected chi connectivity index (χ2v) is 3.60. The van der Waals surface area contributed by atoms with Crippen molar-refractivity contribution in [2.45, 2.75) is 31.3 Å². The Kier molecular flexibility index (Phi) is 3.50. The minimum atomic E-state index is -0.495. The van der Waals surface area contributed by atoms with E-state index in [1.54, 1.807) is 0 Å². The minimum Gasteiger partial charge on any atom is -0.409 e. The predicted octanol–water partition coefficient (Wildman–Crippen LogP) is -0.372. The van der Waals surface area contributed by atoms with Gasteiger partial charge in [-0.25, -0.2) is 0 Å². The molecule has 0 aromatic heterocycles. The molecule has 0 spiro atoms. The molecular weight excluding hydrogens is 170 g/mol. The molecule has 0 amide bonds. The fraction of sp³-hybridized carbons (Fsp3) is 0.875. The average molecular weight is 187 g/mol. The molecule has 0 bridgehead atoms. The number of hydrogen-bond donors (Lipinski definition) is 4. The quantitative estimate of drug-likeness (QED) is 0.155. The van der Waals surface area contributed by atoms with Crippen molar-refractivity contribution in [3.63, 3.8) is 0 Å². The summed E-state index contributed by atoms with van der Waals surface area (Å²) in [5.74, 6) is 0.216. The Bertz CT molecular complexity index is 190. The second kappa shape index (κ2) is 4.43. The monoisotopic (exact) mass is 187 g/mol. The third-order valence-electron chi connectivity index (χ3n) is 2.42. The van der Waals surface area contributed by atoms with Crippen LogP contribution in [0.25, 0.3) is 0 Å². The van der Waals surface area contributed by atoms with E-state index < -0.39 is 5.60 Å². The third kappa shape index (κ3) is 3.20. The van der Waals surface area contributed by atoms with E-state index in [-0.39, 0.29) is 5.84 Å². The molecule has 76 valence electrons. The van der Waals surface area contributed by atoms with E-state index in [2.05, 4.69) is 10.5 Å². The van der Waals surface area contributed by atoms with Gasteiger partial charge in [0, 0.05) is 19.5 Å². The summed E-state index contributed by atoms with van der Waals surface area (Å²) in [4.78, 5) is 0. The number of amidine groups is 1. The van der Waals surface area contributed by atoms with Crippen molar-refractivity contribution < 1.29 is 10.3 Å². The first-order chi connectivity index (χ1) is 6.16. The molecule has 1 aliphatic carbocycles. The highest BCUT2D eigenvalue weighted by molar-refractivity contribution is 5.79. The molecule has 0 saturated heterocycles. The van der Waals surface area contributed by atoms with Crippen LogP contribution in [0.4, 0.5) is 0 Å². The molecule has 0 aliphatic heterocycles. The maximum Gasteiger partial charge on any atom is 0.140 e. The normalized spacial score (nSPS) is 21.2. The van der Waals surface area contributed by atoms with E-state index in [1.165, 1.54) is 0 Å². The lowest BCUT2D eigenvalue weighted by Crippen LogP contribution is -2.46. The zero-order valence-electron chi connectivity index (χ0n) is 7.66. The van der Waals surface area contributed by atoms with Gasteiger partial charge < -0.3 is 21.4 Å². The molecule has 0 aromatic carbocycles. The van der Waals surface area contributed by atoms with Gasteiger partial charge in [-0.15, -0.1) is 0 Å². The van der Waals surface area contributed by atoms with Gasteiger partial charge in [0.15, 0.2) is 0 Å². The largest absolute Gasteiger partial charge is 0.409 e. The van der Waals surface area contributed by atoms with Crippen LogP contribution in [-0.4, -0.2) is 34.8 Å². The van der Waals surface area contributed by atoms with E-state index in [0.717, 1.165) is 19.3 Å². The topological polar surface area (TPSA) is 90.9 Å². The Labute approximate surface area is 77.6 Å². The lowest BCUT2D eigenvalue weighted by molar-refractivity contribution is -0.0309. The summed E-state index contributed by atoms with van der Waals surface area (Å²) < 4.78 is 0. The Morgan fingerprint density at radius 3 is 2.69 bits per heavy atom. The second-order valence-electron chi connectivity index (χ2n) is 3.60. The summed E-state index contributed by atoms with van der Waals surface area (Å²) in [6, 6.07) is 0. The van der Waals surface area contributed by atoms with E-state index in [1.807, 2.05) is 0 Å². The van der Waals surface area contributed by atoms with Gasteiger partial charge >= 0.3 is 0 Å². The predicted molar refractivity (Wildman–Crippen MR) is 49.7 cm³/mol. The maximum absolute atomic E-state index is 9.66. The molecule has 0 unspecified atom stereocenters. The SMILES string of the molecule is NC(CCNCC1(O)CCC1)=NO. The summed E-state index contributed by atoms with van der Waals surface area (Å²) in [5, 5.41) is 23.8. The number of nitrogens with one attached hydrogen (secondary N) is 1. The van der Waals surface area contributed by atoms with Gasteiger partial charge in [-0.1, -0.05) is 5.16 Å². The smallest absolute Gasteiger partial charge is 0.140 e. The van der Waals surface area contributed by atoms with E-state index >= 15 is 0 Å². The number of aliphatic hydroxyl groups is 1. The Hall–Kier alpha value is -0.810. The molecule has 1 aliphatic rings. The number of nitrogens with two attached hydrogens (primary N) is 1. The molecular formula is C8H17N3O2. The minimum absolute atomic E-state index is 0.216. The van der Waals surface area contributed by atoms with E-state index in [4.69, 9.17) is 10.9 Å². The molecule has 13 heavy (non-hydrogen) atoms. The standard InChI is InChI=1S/C8H17N3O2/c9-7(11-13)2-5-10-6-8(12)3-1-4-8/h10,12-13H,1-6H2,(H2,9,11). The van der Waals surface area contributed by atoms with Gasteiger partial charge in [0.2, 0.25) is 0 Å². The molecule has 0 radical (unpaired) electrons. The first kappa shape index (κ1) is 10.3. The zero-order chi connectivity index (χ0) is 9.73.